The van der Waals surface area contributed by atoms with E-state index >= 15 is 0 Å². The summed E-state index contributed by atoms with van der Waals surface area (Å²) in [6.45, 7) is 3.39. The van der Waals surface area contributed by atoms with E-state index in [9.17, 15) is 9.90 Å². The summed E-state index contributed by atoms with van der Waals surface area (Å²) in [6, 6.07) is 10.1. The summed E-state index contributed by atoms with van der Waals surface area (Å²) >= 11 is 0. The lowest BCUT2D eigenvalue weighted by molar-refractivity contribution is 0.0785. The molecule has 2 heterocycles. The van der Waals surface area contributed by atoms with Crippen molar-refractivity contribution in [3.05, 3.63) is 53.7 Å². The molecule has 7 nitrogen and oxygen atoms in total. The number of aromatic nitrogens is 3. The third-order valence-corrected chi connectivity index (χ3v) is 3.63. The number of carbonyl (C=O) groups excluding carboxylic acids is 1. The maximum atomic E-state index is 12.4. The largest absolute Gasteiger partial charge is 0.481 e. The minimum absolute atomic E-state index is 0.296. The average molecular weight is 326 g/mol. The maximum Gasteiger partial charge on any atom is 0.256 e. The summed E-state index contributed by atoms with van der Waals surface area (Å²) in [5.74, 6) is 0.546. The number of hydrogen-bond donors (Lipinski definition) is 2. The van der Waals surface area contributed by atoms with Gasteiger partial charge in [0, 0.05) is 17.7 Å². The highest BCUT2D eigenvalue weighted by Gasteiger charge is 2.17. The van der Waals surface area contributed by atoms with E-state index in [1.54, 1.807) is 56.4 Å². The number of nitrogens with one attached hydrogen (secondary N) is 1. The van der Waals surface area contributed by atoms with Gasteiger partial charge in [-0.1, -0.05) is 12.1 Å². The van der Waals surface area contributed by atoms with E-state index in [1.165, 1.54) is 11.6 Å². The highest BCUT2D eigenvalue weighted by Crippen LogP contribution is 2.21. The van der Waals surface area contributed by atoms with Gasteiger partial charge in [0.15, 0.2) is 5.65 Å². The quantitative estimate of drug-likeness (QED) is 0.767. The summed E-state index contributed by atoms with van der Waals surface area (Å²) in [7, 11) is 1.53. The Hall–Kier alpha value is -2.93. The van der Waals surface area contributed by atoms with E-state index in [1.807, 2.05) is 0 Å². The zero-order valence-electron chi connectivity index (χ0n) is 13.6. The Morgan fingerprint density at radius 3 is 2.58 bits per heavy atom. The molecule has 2 N–H and O–H groups in total. The number of rotatable bonds is 4. The first-order valence-electron chi connectivity index (χ1n) is 7.41. The van der Waals surface area contributed by atoms with Crippen molar-refractivity contribution in [1.29, 1.82) is 0 Å². The van der Waals surface area contributed by atoms with Crippen LogP contribution in [0.5, 0.6) is 5.88 Å². The van der Waals surface area contributed by atoms with Gasteiger partial charge in [0.05, 0.1) is 18.9 Å². The summed E-state index contributed by atoms with van der Waals surface area (Å²) in [4.78, 5) is 16.7. The maximum absolute atomic E-state index is 12.4. The highest BCUT2D eigenvalue weighted by atomic mass is 16.5. The Morgan fingerprint density at radius 1 is 1.25 bits per heavy atom. The lowest BCUT2D eigenvalue weighted by Crippen LogP contribution is -2.17. The van der Waals surface area contributed by atoms with Crippen molar-refractivity contribution >= 4 is 17.4 Å². The first-order valence-corrected chi connectivity index (χ1v) is 7.41. The van der Waals surface area contributed by atoms with Gasteiger partial charge in [-0.25, -0.2) is 4.98 Å². The van der Waals surface area contributed by atoms with Crippen LogP contribution in [0.3, 0.4) is 0 Å². The second kappa shape index (κ2) is 5.93. The first-order chi connectivity index (χ1) is 11.4. The molecule has 0 spiro atoms. The number of carbonyl (C=O) groups is 1. The first kappa shape index (κ1) is 15.9. The van der Waals surface area contributed by atoms with Crippen molar-refractivity contribution in [2.75, 3.05) is 12.4 Å². The van der Waals surface area contributed by atoms with Gasteiger partial charge in [0.2, 0.25) is 5.88 Å². The van der Waals surface area contributed by atoms with Crippen LogP contribution in [-0.4, -0.2) is 32.7 Å². The van der Waals surface area contributed by atoms with Gasteiger partial charge in [-0.3, -0.25) is 4.79 Å². The van der Waals surface area contributed by atoms with Crippen LogP contribution in [-0.2, 0) is 5.60 Å². The van der Waals surface area contributed by atoms with Gasteiger partial charge in [0.25, 0.3) is 5.91 Å². The van der Waals surface area contributed by atoms with Gasteiger partial charge in [-0.2, -0.15) is 9.61 Å². The lowest BCUT2D eigenvalue weighted by atomic mass is 9.97. The van der Waals surface area contributed by atoms with Crippen LogP contribution in [0.25, 0.3) is 5.65 Å². The Labute approximate surface area is 138 Å². The van der Waals surface area contributed by atoms with Crippen LogP contribution >= 0.6 is 0 Å². The third-order valence-electron chi connectivity index (χ3n) is 3.63. The number of benzene rings is 1. The Balaban J connectivity index is 1.84. The second-order valence-electron chi connectivity index (χ2n) is 5.88. The number of fused-ring (bicyclic) bond motifs is 1. The Morgan fingerprint density at radius 2 is 1.96 bits per heavy atom. The number of anilines is 1. The molecule has 0 saturated heterocycles. The van der Waals surface area contributed by atoms with Crippen molar-refractivity contribution in [2.45, 2.75) is 19.4 Å². The van der Waals surface area contributed by atoms with E-state index in [0.717, 1.165) is 5.56 Å². The van der Waals surface area contributed by atoms with Crippen LogP contribution in [0, 0.1) is 0 Å². The van der Waals surface area contributed by atoms with Crippen molar-refractivity contribution in [3.63, 3.8) is 0 Å². The van der Waals surface area contributed by atoms with Crippen LogP contribution in [0.4, 0.5) is 5.82 Å². The third kappa shape index (κ3) is 3.07. The molecule has 0 unspecified atom stereocenters. The summed E-state index contributed by atoms with van der Waals surface area (Å²) in [6.07, 6.45) is 1.60. The smallest absolute Gasteiger partial charge is 0.256 e. The van der Waals surface area contributed by atoms with Gasteiger partial charge < -0.3 is 15.2 Å². The molecule has 0 bridgehead atoms. The summed E-state index contributed by atoms with van der Waals surface area (Å²) < 4.78 is 6.78. The van der Waals surface area contributed by atoms with E-state index in [0.29, 0.717) is 22.9 Å². The molecule has 0 aliphatic carbocycles. The van der Waals surface area contributed by atoms with Crippen molar-refractivity contribution < 1.29 is 14.6 Å². The van der Waals surface area contributed by atoms with Gasteiger partial charge in [-0.05, 0) is 31.5 Å². The van der Waals surface area contributed by atoms with Gasteiger partial charge >= 0.3 is 0 Å². The molecule has 24 heavy (non-hydrogen) atoms. The van der Waals surface area contributed by atoms with Crippen LogP contribution in [0.2, 0.25) is 0 Å². The number of aliphatic hydroxyl groups is 1. The Kier molecular flexibility index (Phi) is 3.94. The van der Waals surface area contributed by atoms with Crippen LogP contribution < -0.4 is 10.1 Å². The van der Waals surface area contributed by atoms with Gasteiger partial charge in [-0.15, -0.1) is 0 Å². The monoisotopic (exact) mass is 326 g/mol. The molecule has 1 aromatic carbocycles. The molecule has 0 atom stereocenters. The molecule has 0 aliphatic rings. The summed E-state index contributed by atoms with van der Waals surface area (Å²) in [5.41, 5.74) is 0.829. The molecule has 3 aromatic rings. The van der Waals surface area contributed by atoms with E-state index in [4.69, 9.17) is 4.74 Å². The predicted octanol–water partition coefficient (Wildman–Crippen LogP) is 2.22. The molecular formula is C17H18N4O3. The fourth-order valence-corrected chi connectivity index (χ4v) is 2.31. The Bertz CT molecular complexity index is 879. The van der Waals surface area contributed by atoms with Crippen molar-refractivity contribution in [1.82, 2.24) is 14.6 Å². The number of amides is 1. The van der Waals surface area contributed by atoms with Crippen LogP contribution in [0.15, 0.2) is 42.6 Å². The molecular weight excluding hydrogens is 308 g/mol. The number of hydrogen-bond acceptors (Lipinski definition) is 5. The van der Waals surface area contributed by atoms with E-state index < -0.39 is 5.60 Å². The SMILES string of the molecule is COc1cc(NC(=O)c2ccc(C(C)(C)O)cc2)nc2ccnn12. The minimum Gasteiger partial charge on any atom is -0.481 e. The molecule has 7 heteroatoms. The highest BCUT2D eigenvalue weighted by molar-refractivity contribution is 6.03. The van der Waals surface area contributed by atoms with Crippen molar-refractivity contribution in [3.8, 4) is 5.88 Å². The zero-order valence-corrected chi connectivity index (χ0v) is 13.6. The molecule has 0 radical (unpaired) electrons. The molecule has 0 aliphatic heterocycles. The number of nitrogens with zero attached hydrogens (tertiary/aromatic N) is 3. The molecule has 124 valence electrons. The van der Waals surface area contributed by atoms with Crippen LogP contribution in [0.1, 0.15) is 29.8 Å². The normalized spacial score (nSPS) is 11.5. The molecule has 0 fully saturated rings. The average Bonchev–Trinajstić information content (AvgIpc) is 3.01. The van der Waals surface area contributed by atoms with Gasteiger partial charge in [0.1, 0.15) is 5.82 Å². The molecule has 0 saturated carbocycles. The lowest BCUT2D eigenvalue weighted by Gasteiger charge is -2.17. The van der Waals surface area contributed by atoms with E-state index in [-0.39, 0.29) is 5.91 Å². The summed E-state index contributed by atoms with van der Waals surface area (Å²) in [5, 5.41) is 16.8. The predicted molar refractivity (Wildman–Crippen MR) is 89.2 cm³/mol. The topological polar surface area (TPSA) is 88.8 Å². The fraction of sp³-hybridized carbons (Fsp3) is 0.235. The standard InChI is InChI=1S/C17H18N4O3/c1-17(2,23)12-6-4-11(5-7-12)16(22)20-13-10-15(24-3)21-14(19-13)8-9-18-21/h4-10,23H,1-3H3,(H,19,20,22). The molecule has 1 amide bonds. The zero-order chi connectivity index (χ0) is 17.3. The molecule has 3 rings (SSSR count). The second-order valence-corrected chi connectivity index (χ2v) is 5.88. The number of methoxy groups -OCH3 is 1. The number of ether oxygens (including phenoxy) is 1. The minimum atomic E-state index is -0.947. The molecule has 2 aromatic heterocycles. The van der Waals surface area contributed by atoms with E-state index in [2.05, 4.69) is 15.4 Å². The fourth-order valence-electron chi connectivity index (χ4n) is 2.31. The van der Waals surface area contributed by atoms with Crippen molar-refractivity contribution in [2.24, 2.45) is 0 Å².